The van der Waals surface area contributed by atoms with Crippen LogP contribution >= 0.6 is 11.3 Å². The molecule has 4 aromatic rings. The lowest BCUT2D eigenvalue weighted by atomic mass is 9.72. The van der Waals surface area contributed by atoms with Gasteiger partial charge in [-0.3, -0.25) is 0 Å². The number of rotatable bonds is 5. The number of aliphatic hydroxyl groups is 1. The van der Waals surface area contributed by atoms with Gasteiger partial charge in [0.1, 0.15) is 16.6 Å². The highest BCUT2D eigenvalue weighted by atomic mass is 32.1. The first-order chi connectivity index (χ1) is 21.2. The summed E-state index contributed by atoms with van der Waals surface area (Å²) in [6.07, 6.45) is 2.41. The smallest absolute Gasteiger partial charge is 0.320 e. The molecule has 1 aromatic carbocycles. The second kappa shape index (κ2) is 10.8. The molecule has 7 rings (SSSR count). The largest absolute Gasteiger partial charge is 0.389 e. The van der Waals surface area contributed by atoms with Gasteiger partial charge in [-0.05, 0) is 45.2 Å². The molecule has 0 atom stereocenters. The van der Waals surface area contributed by atoms with Gasteiger partial charge >= 0.3 is 6.03 Å². The summed E-state index contributed by atoms with van der Waals surface area (Å²) in [5, 5.41) is 25.3. The van der Waals surface area contributed by atoms with Crippen molar-refractivity contribution < 1.29 is 9.90 Å². The molecule has 3 saturated heterocycles. The zero-order valence-electron chi connectivity index (χ0n) is 25.7. The number of benzene rings is 1. The van der Waals surface area contributed by atoms with Crippen molar-refractivity contribution in [2.75, 3.05) is 56.1 Å². The number of hydrogen-bond donors (Lipinski definition) is 1. The Hall–Kier alpha value is -4.14. The lowest BCUT2D eigenvalue weighted by Gasteiger charge is -2.55. The lowest BCUT2D eigenvalue weighted by Crippen LogP contribution is -2.63. The predicted octanol–water partition coefficient (Wildman–Crippen LogP) is 4.98. The minimum absolute atomic E-state index is 0.0691. The van der Waals surface area contributed by atoms with Gasteiger partial charge in [-0.1, -0.05) is 48.1 Å². The van der Waals surface area contributed by atoms with E-state index in [1.807, 2.05) is 40.7 Å². The van der Waals surface area contributed by atoms with Gasteiger partial charge in [0.25, 0.3) is 0 Å². The van der Waals surface area contributed by atoms with Crippen molar-refractivity contribution in [1.82, 2.24) is 24.4 Å². The summed E-state index contributed by atoms with van der Waals surface area (Å²) in [6.45, 7) is 10.7. The topological polar surface area (TPSA) is 104 Å². The number of carbonyl (C=O) groups is 1. The molecule has 44 heavy (non-hydrogen) atoms. The third-order valence-corrected chi connectivity index (χ3v) is 10.6. The molecule has 0 aliphatic carbocycles. The number of aliphatic hydroxyl groups excluding tert-OH is 1. The van der Waals surface area contributed by atoms with Crippen LogP contribution in [0.25, 0.3) is 16.8 Å². The molecule has 228 valence electrons. The first-order valence-electron chi connectivity index (χ1n) is 15.4. The molecule has 3 aliphatic heterocycles. The van der Waals surface area contributed by atoms with Gasteiger partial charge in [0.05, 0.1) is 36.1 Å². The Bertz CT molecular complexity index is 1770. The monoisotopic (exact) mass is 610 g/mol. The average molecular weight is 611 g/mol. The summed E-state index contributed by atoms with van der Waals surface area (Å²) in [6, 6.07) is 15.0. The van der Waals surface area contributed by atoms with Crippen LogP contribution < -0.4 is 9.80 Å². The zero-order valence-corrected chi connectivity index (χ0v) is 26.6. The number of amides is 2. The molecule has 11 heteroatoms. The van der Waals surface area contributed by atoms with E-state index in [9.17, 15) is 15.2 Å². The number of anilines is 3. The Morgan fingerprint density at radius 1 is 1.14 bits per heavy atom. The summed E-state index contributed by atoms with van der Waals surface area (Å²) in [5.74, 6) is 0. The van der Waals surface area contributed by atoms with Gasteiger partial charge < -0.3 is 24.7 Å². The number of piperidine rings is 1. The number of likely N-dealkylation sites (tertiary alicyclic amines) is 2. The highest BCUT2D eigenvalue weighted by molar-refractivity contribution is 7.16. The maximum Gasteiger partial charge on any atom is 0.320 e. The van der Waals surface area contributed by atoms with E-state index in [4.69, 9.17) is 10.1 Å². The molecule has 10 nitrogen and oxygen atoms in total. The summed E-state index contributed by atoms with van der Waals surface area (Å²) >= 11 is 1.41. The Kier molecular flexibility index (Phi) is 7.02. The van der Waals surface area contributed by atoms with E-state index in [0.29, 0.717) is 23.7 Å². The Labute approximate surface area is 261 Å². The standard InChI is InChI=1S/C33H38N8O2S/c1-5-26-30(37(4)31-35-29(28(16-34)44-31)23-8-6-21(2)7-9-23)27-15-24(14-22(3)41(27)36-26)40-19-33(20-40)10-12-38(13-11-33)32(43)39-17-25(42)18-39/h6-9,14-15,25,42H,5,10-13,17-20H2,1-4H3. The molecule has 3 aromatic heterocycles. The number of thiazole rings is 1. The maximum absolute atomic E-state index is 12.7. The van der Waals surface area contributed by atoms with Crippen molar-refractivity contribution in [3.05, 3.63) is 58.2 Å². The predicted molar refractivity (Wildman–Crippen MR) is 173 cm³/mol. The van der Waals surface area contributed by atoms with Crippen LogP contribution in [-0.2, 0) is 6.42 Å². The first-order valence-corrected chi connectivity index (χ1v) is 16.2. The van der Waals surface area contributed by atoms with E-state index < -0.39 is 0 Å². The fourth-order valence-electron chi connectivity index (χ4n) is 6.89. The number of nitriles is 1. The Balaban J connectivity index is 1.13. The molecular formula is C33H38N8O2S. The van der Waals surface area contributed by atoms with Gasteiger partial charge in [-0.2, -0.15) is 10.4 Å². The third kappa shape index (κ3) is 4.77. The molecule has 3 fully saturated rings. The molecule has 3 aliphatic rings. The summed E-state index contributed by atoms with van der Waals surface area (Å²) < 4.78 is 2.03. The maximum atomic E-state index is 12.7. The van der Waals surface area contributed by atoms with Crippen LogP contribution in [0.15, 0.2) is 36.4 Å². The van der Waals surface area contributed by atoms with Crippen LogP contribution in [0, 0.1) is 30.6 Å². The number of nitrogens with zero attached hydrogens (tertiary/aromatic N) is 8. The Morgan fingerprint density at radius 2 is 1.84 bits per heavy atom. The van der Waals surface area contributed by atoms with Crippen molar-refractivity contribution in [2.45, 2.75) is 46.1 Å². The number of aryl methyl sites for hydroxylation is 3. The summed E-state index contributed by atoms with van der Waals surface area (Å²) in [7, 11) is 2.02. The van der Waals surface area contributed by atoms with E-state index in [2.05, 4.69) is 48.8 Å². The molecule has 0 radical (unpaired) electrons. The molecule has 1 spiro atoms. The first kappa shape index (κ1) is 28.6. The van der Waals surface area contributed by atoms with Crippen LogP contribution in [0.3, 0.4) is 0 Å². The van der Waals surface area contributed by atoms with Crippen molar-refractivity contribution in [3.8, 4) is 17.3 Å². The number of carbonyl (C=O) groups excluding carboxylic acids is 1. The normalized spacial score (nSPS) is 18.0. The van der Waals surface area contributed by atoms with E-state index >= 15 is 0 Å². The number of urea groups is 1. The average Bonchev–Trinajstić information content (AvgIpc) is 3.60. The van der Waals surface area contributed by atoms with Crippen LogP contribution in [0.4, 0.5) is 21.3 Å². The summed E-state index contributed by atoms with van der Waals surface area (Å²) in [4.78, 5) is 26.5. The van der Waals surface area contributed by atoms with Gasteiger partial charge in [-0.15, -0.1) is 0 Å². The van der Waals surface area contributed by atoms with Crippen LogP contribution in [0.5, 0.6) is 0 Å². The van der Waals surface area contributed by atoms with E-state index in [1.165, 1.54) is 22.6 Å². The molecule has 0 bridgehead atoms. The number of β-amino-alcohol motifs (C(OH)–C–C–N with tert-alkyl or cyclic N) is 1. The highest BCUT2D eigenvalue weighted by Crippen LogP contribution is 2.45. The quantitative estimate of drug-likeness (QED) is 0.340. The number of hydrogen-bond acceptors (Lipinski definition) is 8. The minimum Gasteiger partial charge on any atom is -0.389 e. The lowest BCUT2D eigenvalue weighted by molar-refractivity contribution is 0.00545. The van der Waals surface area contributed by atoms with Gasteiger partial charge in [0.15, 0.2) is 5.13 Å². The van der Waals surface area contributed by atoms with Crippen molar-refractivity contribution in [1.29, 1.82) is 5.26 Å². The van der Waals surface area contributed by atoms with E-state index in [0.717, 1.165) is 78.7 Å². The molecule has 0 saturated carbocycles. The Morgan fingerprint density at radius 3 is 2.48 bits per heavy atom. The van der Waals surface area contributed by atoms with Crippen LogP contribution in [0.2, 0.25) is 0 Å². The van der Waals surface area contributed by atoms with Crippen LogP contribution in [-0.4, -0.2) is 88.0 Å². The van der Waals surface area contributed by atoms with Gasteiger partial charge in [0, 0.05) is 55.6 Å². The number of pyridine rings is 1. The third-order valence-electron chi connectivity index (χ3n) is 9.59. The summed E-state index contributed by atoms with van der Waals surface area (Å²) in [5.41, 5.74) is 8.36. The number of fused-ring (bicyclic) bond motifs is 1. The SMILES string of the molecule is CCc1nn2c(C)cc(N3CC4(CCN(C(=O)N5CC(O)C5)CC4)C3)cc2c1N(C)c1nc(-c2ccc(C)cc2)c(C#N)s1. The molecule has 1 N–H and O–H groups in total. The zero-order chi connectivity index (χ0) is 30.7. The fraction of sp³-hybridized carbons (Fsp3) is 0.455. The van der Waals surface area contributed by atoms with Crippen molar-refractivity contribution in [2.24, 2.45) is 5.41 Å². The second-order valence-corrected chi connectivity index (χ2v) is 13.7. The second-order valence-electron chi connectivity index (χ2n) is 12.7. The van der Waals surface area contributed by atoms with Crippen molar-refractivity contribution >= 4 is 39.4 Å². The van der Waals surface area contributed by atoms with E-state index in [-0.39, 0.29) is 17.6 Å². The minimum atomic E-state index is -0.367. The fourth-order valence-corrected chi connectivity index (χ4v) is 7.74. The van der Waals surface area contributed by atoms with Crippen LogP contribution in [0.1, 0.15) is 41.6 Å². The molecule has 0 unspecified atom stereocenters. The van der Waals surface area contributed by atoms with E-state index in [1.54, 1.807) is 4.90 Å². The van der Waals surface area contributed by atoms with Gasteiger partial charge in [-0.25, -0.2) is 14.3 Å². The molecule has 2 amide bonds. The highest BCUT2D eigenvalue weighted by Gasteiger charge is 2.46. The number of aromatic nitrogens is 3. The molecular weight excluding hydrogens is 572 g/mol. The van der Waals surface area contributed by atoms with Crippen molar-refractivity contribution in [3.63, 3.8) is 0 Å². The molecule has 6 heterocycles. The van der Waals surface area contributed by atoms with Gasteiger partial charge in [0.2, 0.25) is 0 Å².